The summed E-state index contributed by atoms with van der Waals surface area (Å²) in [5.41, 5.74) is 0. The first-order valence-electron chi connectivity index (χ1n) is 5.54. The topological polar surface area (TPSA) is 87.7 Å². The zero-order valence-corrected chi connectivity index (χ0v) is 9.62. The largest absolute Gasteiger partial charge is 0.465 e. The summed E-state index contributed by atoms with van der Waals surface area (Å²) >= 11 is 0. The van der Waals surface area contributed by atoms with Crippen LogP contribution in [0.2, 0.25) is 0 Å². The Morgan fingerprint density at radius 1 is 1.12 bits per heavy atom. The zero-order chi connectivity index (χ0) is 12.2. The van der Waals surface area contributed by atoms with E-state index in [4.69, 9.17) is 9.84 Å². The van der Waals surface area contributed by atoms with Gasteiger partial charge in [-0.1, -0.05) is 6.92 Å². The fourth-order valence-electron chi connectivity index (χ4n) is 1.06. The minimum absolute atomic E-state index is 0.384. The van der Waals surface area contributed by atoms with Gasteiger partial charge in [0.25, 0.3) is 0 Å². The minimum Gasteiger partial charge on any atom is -0.465 e. The van der Waals surface area contributed by atoms with Crippen molar-refractivity contribution in [3.05, 3.63) is 0 Å². The zero-order valence-electron chi connectivity index (χ0n) is 9.62. The fourth-order valence-corrected chi connectivity index (χ4v) is 1.06. The van der Waals surface area contributed by atoms with Crippen molar-refractivity contribution in [1.29, 1.82) is 0 Å². The van der Waals surface area contributed by atoms with Gasteiger partial charge in [-0.2, -0.15) is 0 Å². The molecule has 0 atom stereocenters. The smallest absolute Gasteiger partial charge is 0.407 e. The van der Waals surface area contributed by atoms with Crippen LogP contribution in [0.4, 0.5) is 9.59 Å². The lowest BCUT2D eigenvalue weighted by Gasteiger charge is -2.05. The molecule has 16 heavy (non-hydrogen) atoms. The number of alkyl carbamates (subject to hydrolysis) is 1. The van der Waals surface area contributed by atoms with Crippen LogP contribution in [0.5, 0.6) is 0 Å². The van der Waals surface area contributed by atoms with Crippen molar-refractivity contribution in [3.63, 3.8) is 0 Å². The first-order chi connectivity index (χ1) is 7.66. The van der Waals surface area contributed by atoms with Crippen LogP contribution in [0.1, 0.15) is 32.6 Å². The third kappa shape index (κ3) is 10.6. The normalized spacial score (nSPS) is 9.56. The van der Waals surface area contributed by atoms with Crippen molar-refractivity contribution in [2.75, 3.05) is 19.7 Å². The molecule has 0 rings (SSSR count). The van der Waals surface area contributed by atoms with E-state index in [0.717, 1.165) is 25.7 Å². The monoisotopic (exact) mass is 232 g/mol. The summed E-state index contributed by atoms with van der Waals surface area (Å²) in [6.07, 6.45) is 1.90. The first-order valence-corrected chi connectivity index (χ1v) is 5.54. The highest BCUT2D eigenvalue weighted by Gasteiger charge is 1.99. The highest BCUT2D eigenvalue weighted by molar-refractivity contribution is 5.66. The third-order valence-corrected chi connectivity index (χ3v) is 1.84. The molecule has 0 aromatic heterocycles. The van der Waals surface area contributed by atoms with E-state index < -0.39 is 6.09 Å². The Hall–Kier alpha value is -1.46. The number of carbonyl (C=O) groups is 2. The number of carboxylic acid groups (broad SMARTS) is 1. The Bertz CT molecular complexity index is 209. The average Bonchev–Trinajstić information content (AvgIpc) is 2.24. The van der Waals surface area contributed by atoms with Crippen molar-refractivity contribution in [2.45, 2.75) is 32.6 Å². The molecule has 94 valence electrons. The quantitative estimate of drug-likeness (QED) is 0.554. The lowest BCUT2D eigenvalue weighted by Crippen LogP contribution is -2.26. The van der Waals surface area contributed by atoms with Gasteiger partial charge < -0.3 is 20.5 Å². The highest BCUT2D eigenvalue weighted by atomic mass is 16.5. The lowest BCUT2D eigenvalue weighted by molar-refractivity contribution is 0.146. The summed E-state index contributed by atoms with van der Waals surface area (Å²) < 4.78 is 4.81. The third-order valence-electron chi connectivity index (χ3n) is 1.84. The predicted octanol–water partition coefficient (Wildman–Crippen LogP) is 1.56. The van der Waals surface area contributed by atoms with E-state index in [1.54, 1.807) is 0 Å². The summed E-state index contributed by atoms with van der Waals surface area (Å²) in [5.74, 6) is 0. The second-order valence-corrected chi connectivity index (χ2v) is 3.36. The molecule has 0 unspecified atom stereocenters. The van der Waals surface area contributed by atoms with Crippen LogP contribution in [0.25, 0.3) is 0 Å². The number of hydrogen-bond acceptors (Lipinski definition) is 3. The second kappa shape index (κ2) is 10.1. The van der Waals surface area contributed by atoms with E-state index in [9.17, 15) is 9.59 Å². The molecule has 0 bridgehead atoms. The van der Waals surface area contributed by atoms with Crippen molar-refractivity contribution in [2.24, 2.45) is 0 Å². The number of amides is 2. The maximum Gasteiger partial charge on any atom is 0.407 e. The van der Waals surface area contributed by atoms with Gasteiger partial charge in [0.2, 0.25) is 0 Å². The molecule has 0 saturated heterocycles. The highest BCUT2D eigenvalue weighted by Crippen LogP contribution is 1.92. The van der Waals surface area contributed by atoms with Gasteiger partial charge in [0, 0.05) is 13.1 Å². The lowest BCUT2D eigenvalue weighted by atomic mass is 10.2. The summed E-state index contributed by atoms with van der Waals surface area (Å²) in [6, 6.07) is 0. The Labute approximate surface area is 95.4 Å². The van der Waals surface area contributed by atoms with Gasteiger partial charge in [0.1, 0.15) is 0 Å². The first kappa shape index (κ1) is 14.5. The van der Waals surface area contributed by atoms with Gasteiger partial charge in [-0.15, -0.1) is 0 Å². The molecule has 2 amide bonds. The van der Waals surface area contributed by atoms with Crippen LogP contribution in [0, 0.1) is 0 Å². The summed E-state index contributed by atoms with van der Waals surface area (Å²) in [7, 11) is 0. The van der Waals surface area contributed by atoms with E-state index in [1.807, 2.05) is 6.92 Å². The van der Waals surface area contributed by atoms with Gasteiger partial charge in [0.15, 0.2) is 0 Å². The molecule has 6 heteroatoms. The predicted molar refractivity (Wildman–Crippen MR) is 59.5 cm³/mol. The minimum atomic E-state index is -0.999. The van der Waals surface area contributed by atoms with E-state index in [1.165, 1.54) is 0 Å². The van der Waals surface area contributed by atoms with Gasteiger partial charge >= 0.3 is 12.2 Å². The fraction of sp³-hybridized carbons (Fsp3) is 0.800. The molecule has 0 heterocycles. The van der Waals surface area contributed by atoms with Crippen molar-refractivity contribution in [3.8, 4) is 0 Å². The number of nitrogens with one attached hydrogen (secondary N) is 2. The molecule has 0 fully saturated rings. The van der Waals surface area contributed by atoms with E-state index in [2.05, 4.69) is 10.6 Å². The number of unbranched alkanes of at least 4 members (excludes halogenated alkanes) is 2. The molecule has 6 nitrogen and oxygen atoms in total. The molecule has 0 aliphatic heterocycles. The Morgan fingerprint density at radius 3 is 2.31 bits per heavy atom. The summed E-state index contributed by atoms with van der Waals surface area (Å²) in [5, 5.41) is 13.2. The Kier molecular flexibility index (Phi) is 9.15. The number of ether oxygens (including phenoxy) is 1. The molecule has 0 spiro atoms. The standard InChI is InChI=1S/C10H20N2O4/c1-2-8-16-10(15)12-7-5-3-4-6-11-9(13)14/h11H,2-8H2,1H3,(H,12,15)(H,13,14). The maximum atomic E-state index is 11.0. The Morgan fingerprint density at radius 2 is 1.75 bits per heavy atom. The van der Waals surface area contributed by atoms with E-state index in [0.29, 0.717) is 19.7 Å². The molecule has 0 saturated carbocycles. The summed E-state index contributed by atoms with van der Waals surface area (Å²) in [4.78, 5) is 21.0. The van der Waals surface area contributed by atoms with Crippen molar-refractivity contribution in [1.82, 2.24) is 10.6 Å². The second-order valence-electron chi connectivity index (χ2n) is 3.36. The van der Waals surface area contributed by atoms with Crippen LogP contribution < -0.4 is 10.6 Å². The van der Waals surface area contributed by atoms with Crippen LogP contribution in [-0.4, -0.2) is 37.0 Å². The van der Waals surface area contributed by atoms with Crippen molar-refractivity contribution < 1.29 is 19.4 Å². The molecular weight excluding hydrogens is 212 g/mol. The van der Waals surface area contributed by atoms with Gasteiger partial charge in [0.05, 0.1) is 6.61 Å². The molecule has 0 aromatic rings. The molecule has 0 aromatic carbocycles. The average molecular weight is 232 g/mol. The molecule has 3 N–H and O–H groups in total. The van der Waals surface area contributed by atoms with Crippen LogP contribution in [0.15, 0.2) is 0 Å². The maximum absolute atomic E-state index is 11.0. The molecule has 0 aliphatic rings. The van der Waals surface area contributed by atoms with E-state index >= 15 is 0 Å². The molecule has 0 radical (unpaired) electrons. The van der Waals surface area contributed by atoms with Crippen LogP contribution >= 0.6 is 0 Å². The van der Waals surface area contributed by atoms with Crippen LogP contribution in [-0.2, 0) is 4.74 Å². The Balaban J connectivity index is 3.14. The van der Waals surface area contributed by atoms with Gasteiger partial charge in [-0.3, -0.25) is 0 Å². The van der Waals surface area contributed by atoms with Crippen LogP contribution in [0.3, 0.4) is 0 Å². The molecular formula is C10H20N2O4. The number of rotatable bonds is 8. The molecule has 0 aliphatic carbocycles. The summed E-state index contributed by atoms with van der Waals surface area (Å²) in [6.45, 7) is 3.39. The van der Waals surface area contributed by atoms with Gasteiger partial charge in [-0.05, 0) is 25.7 Å². The number of carbonyl (C=O) groups excluding carboxylic acids is 1. The SMILES string of the molecule is CCCOC(=O)NCCCCCNC(=O)O. The number of hydrogen-bond donors (Lipinski definition) is 3. The van der Waals surface area contributed by atoms with E-state index in [-0.39, 0.29) is 6.09 Å². The van der Waals surface area contributed by atoms with Crippen molar-refractivity contribution >= 4 is 12.2 Å². The van der Waals surface area contributed by atoms with Gasteiger partial charge in [-0.25, -0.2) is 9.59 Å².